The van der Waals surface area contributed by atoms with Crippen LogP contribution in [-0.4, -0.2) is 22.2 Å². The lowest BCUT2D eigenvalue weighted by atomic mass is 10.1. The molecule has 2 N–H and O–H groups in total. The van der Waals surface area contributed by atoms with Gasteiger partial charge in [0.1, 0.15) is 5.82 Å². The molecule has 2 aromatic rings. The molecule has 1 heterocycles. The number of hydrogen-bond acceptors (Lipinski definition) is 4. The third-order valence-electron chi connectivity index (χ3n) is 2.36. The van der Waals surface area contributed by atoms with Crippen molar-refractivity contribution in [1.82, 2.24) is 20.5 Å². The molecule has 0 saturated heterocycles. The van der Waals surface area contributed by atoms with E-state index in [0.717, 1.165) is 17.5 Å². The molecule has 17 heavy (non-hydrogen) atoms. The SMILES string of the molecule is CNCc1cc(C)ccc1Sc1n[nH]c(C)n1. The molecule has 1 aromatic heterocycles. The van der Waals surface area contributed by atoms with Crippen LogP contribution in [0, 0.1) is 13.8 Å². The van der Waals surface area contributed by atoms with Gasteiger partial charge in [0.2, 0.25) is 5.16 Å². The minimum Gasteiger partial charge on any atom is -0.316 e. The Hall–Kier alpha value is -1.33. The van der Waals surface area contributed by atoms with Gasteiger partial charge in [-0.3, -0.25) is 5.10 Å². The minimum atomic E-state index is 0.767. The fourth-order valence-electron chi connectivity index (χ4n) is 1.60. The van der Waals surface area contributed by atoms with Crippen molar-refractivity contribution in [2.45, 2.75) is 30.4 Å². The molecule has 0 bridgehead atoms. The fraction of sp³-hybridized carbons (Fsp3) is 0.333. The molecule has 0 radical (unpaired) electrons. The zero-order valence-corrected chi connectivity index (χ0v) is 11.1. The molecule has 1 aromatic carbocycles. The topological polar surface area (TPSA) is 53.6 Å². The number of benzene rings is 1. The molecule has 5 heteroatoms. The first kappa shape index (κ1) is 12.1. The molecular weight excluding hydrogens is 232 g/mol. The number of rotatable bonds is 4. The third kappa shape index (κ3) is 3.08. The molecule has 0 amide bonds. The van der Waals surface area contributed by atoms with Gasteiger partial charge in [-0.25, -0.2) is 4.98 Å². The predicted octanol–water partition coefficient (Wildman–Crippen LogP) is 2.29. The lowest BCUT2D eigenvalue weighted by Crippen LogP contribution is -2.06. The number of aryl methyl sites for hydroxylation is 2. The van der Waals surface area contributed by atoms with E-state index >= 15 is 0 Å². The first-order chi connectivity index (χ1) is 8.19. The highest BCUT2D eigenvalue weighted by atomic mass is 32.2. The summed E-state index contributed by atoms with van der Waals surface area (Å²) in [6, 6.07) is 6.43. The van der Waals surface area contributed by atoms with E-state index in [4.69, 9.17) is 0 Å². The number of aromatic amines is 1. The summed E-state index contributed by atoms with van der Waals surface area (Å²) in [6.45, 7) is 4.86. The molecule has 0 aliphatic heterocycles. The normalized spacial score (nSPS) is 10.8. The van der Waals surface area contributed by atoms with Crippen LogP contribution in [0.2, 0.25) is 0 Å². The molecule has 90 valence electrons. The van der Waals surface area contributed by atoms with Crippen LogP contribution in [0.4, 0.5) is 0 Å². The molecule has 4 nitrogen and oxygen atoms in total. The molecule has 0 aliphatic carbocycles. The largest absolute Gasteiger partial charge is 0.316 e. The molecule has 0 spiro atoms. The van der Waals surface area contributed by atoms with Crippen LogP contribution in [0.25, 0.3) is 0 Å². The number of nitrogens with one attached hydrogen (secondary N) is 2. The highest BCUT2D eigenvalue weighted by Crippen LogP contribution is 2.28. The second-order valence-corrected chi connectivity index (χ2v) is 4.96. The zero-order valence-electron chi connectivity index (χ0n) is 10.2. The van der Waals surface area contributed by atoms with Crippen molar-refractivity contribution in [2.75, 3.05) is 7.05 Å². The Balaban J connectivity index is 2.25. The summed E-state index contributed by atoms with van der Waals surface area (Å²) in [5, 5.41) is 10.9. The van der Waals surface area contributed by atoms with Crippen molar-refractivity contribution in [3.8, 4) is 0 Å². The van der Waals surface area contributed by atoms with E-state index in [9.17, 15) is 0 Å². The summed E-state index contributed by atoms with van der Waals surface area (Å²) in [5.41, 5.74) is 2.55. The van der Waals surface area contributed by atoms with Gasteiger partial charge in [0.05, 0.1) is 0 Å². The smallest absolute Gasteiger partial charge is 0.213 e. The van der Waals surface area contributed by atoms with Crippen molar-refractivity contribution < 1.29 is 0 Å². The van der Waals surface area contributed by atoms with Crippen LogP contribution in [-0.2, 0) is 6.54 Å². The maximum atomic E-state index is 4.31. The van der Waals surface area contributed by atoms with Gasteiger partial charge in [-0.2, -0.15) is 0 Å². The molecule has 0 aliphatic rings. The fourth-order valence-corrected chi connectivity index (χ4v) is 2.47. The minimum absolute atomic E-state index is 0.767. The van der Waals surface area contributed by atoms with E-state index in [1.807, 2.05) is 14.0 Å². The molecule has 0 atom stereocenters. The molecule has 0 fully saturated rings. The second-order valence-electron chi connectivity index (χ2n) is 3.95. The Morgan fingerprint density at radius 1 is 1.35 bits per heavy atom. The van der Waals surface area contributed by atoms with Crippen LogP contribution in [0.1, 0.15) is 17.0 Å². The van der Waals surface area contributed by atoms with Crippen molar-refractivity contribution >= 4 is 11.8 Å². The quantitative estimate of drug-likeness (QED) is 0.871. The predicted molar refractivity (Wildman–Crippen MR) is 69.2 cm³/mol. The molecule has 2 rings (SSSR count). The number of hydrogen-bond donors (Lipinski definition) is 2. The second kappa shape index (κ2) is 5.33. The van der Waals surface area contributed by atoms with E-state index < -0.39 is 0 Å². The van der Waals surface area contributed by atoms with E-state index in [1.165, 1.54) is 16.0 Å². The lowest BCUT2D eigenvalue weighted by molar-refractivity contribution is 0.801. The first-order valence-corrected chi connectivity index (χ1v) is 6.31. The third-order valence-corrected chi connectivity index (χ3v) is 3.34. The maximum Gasteiger partial charge on any atom is 0.213 e. The van der Waals surface area contributed by atoms with Gasteiger partial charge in [-0.15, -0.1) is 5.10 Å². The molecular formula is C12H16N4S. The molecule has 0 unspecified atom stereocenters. The average molecular weight is 248 g/mol. The van der Waals surface area contributed by atoms with Gasteiger partial charge in [0.25, 0.3) is 0 Å². The lowest BCUT2D eigenvalue weighted by Gasteiger charge is -2.08. The maximum absolute atomic E-state index is 4.31. The highest BCUT2D eigenvalue weighted by molar-refractivity contribution is 7.99. The van der Waals surface area contributed by atoms with Gasteiger partial charge < -0.3 is 5.32 Å². The van der Waals surface area contributed by atoms with Crippen LogP contribution >= 0.6 is 11.8 Å². The van der Waals surface area contributed by atoms with Crippen LogP contribution in [0.15, 0.2) is 28.3 Å². The van der Waals surface area contributed by atoms with E-state index in [-0.39, 0.29) is 0 Å². The number of H-pyrrole nitrogens is 1. The Morgan fingerprint density at radius 2 is 2.18 bits per heavy atom. The average Bonchev–Trinajstić information content (AvgIpc) is 2.69. The summed E-state index contributed by atoms with van der Waals surface area (Å²) >= 11 is 1.59. The van der Waals surface area contributed by atoms with Crippen LogP contribution in [0.3, 0.4) is 0 Å². The van der Waals surface area contributed by atoms with Gasteiger partial charge in [-0.05, 0) is 44.3 Å². The van der Waals surface area contributed by atoms with Gasteiger partial charge >= 0.3 is 0 Å². The Kier molecular flexibility index (Phi) is 3.81. The highest BCUT2D eigenvalue weighted by Gasteiger charge is 2.07. The van der Waals surface area contributed by atoms with Crippen LogP contribution < -0.4 is 5.32 Å². The monoisotopic (exact) mass is 248 g/mol. The number of nitrogens with zero attached hydrogens (tertiary/aromatic N) is 2. The summed E-state index contributed by atoms with van der Waals surface area (Å²) in [5.74, 6) is 0.842. The van der Waals surface area contributed by atoms with E-state index in [0.29, 0.717) is 0 Å². The van der Waals surface area contributed by atoms with Crippen molar-refractivity contribution in [3.05, 3.63) is 35.2 Å². The zero-order chi connectivity index (χ0) is 12.3. The first-order valence-electron chi connectivity index (χ1n) is 5.50. The van der Waals surface area contributed by atoms with E-state index in [2.05, 4.69) is 45.6 Å². The van der Waals surface area contributed by atoms with Crippen molar-refractivity contribution in [1.29, 1.82) is 0 Å². The van der Waals surface area contributed by atoms with E-state index in [1.54, 1.807) is 11.8 Å². The summed E-state index contributed by atoms with van der Waals surface area (Å²) in [7, 11) is 1.95. The summed E-state index contributed by atoms with van der Waals surface area (Å²) in [6.07, 6.45) is 0. The summed E-state index contributed by atoms with van der Waals surface area (Å²) < 4.78 is 0. The van der Waals surface area contributed by atoms with Crippen molar-refractivity contribution in [3.63, 3.8) is 0 Å². The standard InChI is InChI=1S/C12H16N4S/c1-8-4-5-11(10(6-8)7-13-3)17-12-14-9(2)15-16-12/h4-6,13H,7H2,1-3H3,(H,14,15,16). The Labute approximate surface area is 105 Å². The Morgan fingerprint density at radius 3 is 2.82 bits per heavy atom. The number of aromatic nitrogens is 3. The molecule has 0 saturated carbocycles. The van der Waals surface area contributed by atoms with Crippen LogP contribution in [0.5, 0.6) is 0 Å². The Bertz CT molecular complexity index is 507. The van der Waals surface area contributed by atoms with Crippen molar-refractivity contribution in [2.24, 2.45) is 0 Å². The van der Waals surface area contributed by atoms with Gasteiger partial charge in [-0.1, -0.05) is 17.7 Å². The summed E-state index contributed by atoms with van der Waals surface area (Å²) in [4.78, 5) is 5.50. The van der Waals surface area contributed by atoms with Gasteiger partial charge in [0.15, 0.2) is 0 Å². The van der Waals surface area contributed by atoms with Gasteiger partial charge in [0, 0.05) is 11.4 Å².